The van der Waals surface area contributed by atoms with Crippen molar-refractivity contribution in [2.45, 2.75) is 17.9 Å². The summed E-state index contributed by atoms with van der Waals surface area (Å²) in [5.41, 5.74) is 7.09. The third-order valence-corrected chi connectivity index (χ3v) is 4.22. The van der Waals surface area contributed by atoms with Gasteiger partial charge in [0.05, 0.1) is 22.4 Å². The van der Waals surface area contributed by atoms with Crippen LogP contribution in [0.1, 0.15) is 11.1 Å². The topological polar surface area (TPSA) is 85.3 Å². The van der Waals surface area contributed by atoms with E-state index in [2.05, 4.69) is 4.72 Å². The van der Waals surface area contributed by atoms with Gasteiger partial charge in [-0.3, -0.25) is 0 Å². The first kappa shape index (κ1) is 14.7. The Morgan fingerprint density at radius 2 is 1.90 bits per heavy atom. The predicted molar refractivity (Wildman–Crippen MR) is 79.7 cm³/mol. The molecular weight excluding hydrogens is 296 g/mol. The van der Waals surface area contributed by atoms with E-state index in [1.807, 2.05) is 0 Å². The molecule has 1 aromatic heterocycles. The summed E-state index contributed by atoms with van der Waals surface area (Å²) in [6.45, 7) is 0.188. The van der Waals surface area contributed by atoms with Crippen molar-refractivity contribution in [2.24, 2.45) is 5.73 Å². The van der Waals surface area contributed by atoms with E-state index in [1.165, 1.54) is 24.7 Å². The zero-order valence-electron chi connectivity index (χ0n) is 10.6. The summed E-state index contributed by atoms with van der Waals surface area (Å²) in [6.07, 6.45) is 3.44. The standard InChI is InChI=1S/C13H14N2O3S2/c14-13(19)7-10-1-3-12(4-2-10)20(16,17)15-8-11-5-6-18-9-11/h1-6,9,15H,7-8H2,(H2,14,19). The summed E-state index contributed by atoms with van der Waals surface area (Å²) in [5, 5.41) is 0. The van der Waals surface area contributed by atoms with Crippen LogP contribution in [-0.4, -0.2) is 13.4 Å². The van der Waals surface area contributed by atoms with Gasteiger partial charge in [0.2, 0.25) is 10.0 Å². The Hall–Kier alpha value is -1.70. The van der Waals surface area contributed by atoms with Crippen LogP contribution in [0.15, 0.2) is 52.2 Å². The van der Waals surface area contributed by atoms with Gasteiger partial charge in [0, 0.05) is 18.5 Å². The molecule has 0 radical (unpaired) electrons. The van der Waals surface area contributed by atoms with Crippen LogP contribution in [0.5, 0.6) is 0 Å². The number of rotatable bonds is 6. The van der Waals surface area contributed by atoms with E-state index in [0.717, 1.165) is 11.1 Å². The van der Waals surface area contributed by atoms with E-state index in [4.69, 9.17) is 22.4 Å². The Bertz CT molecular complexity index is 677. The van der Waals surface area contributed by atoms with Crippen molar-refractivity contribution in [3.8, 4) is 0 Å². The summed E-state index contributed by atoms with van der Waals surface area (Å²) in [6, 6.07) is 8.17. The van der Waals surface area contributed by atoms with Crippen molar-refractivity contribution in [1.82, 2.24) is 4.72 Å². The molecule has 0 unspecified atom stereocenters. The normalized spacial score (nSPS) is 11.4. The molecular formula is C13H14N2O3S2. The first-order chi connectivity index (χ1) is 9.47. The molecule has 0 bridgehead atoms. The van der Waals surface area contributed by atoms with Gasteiger partial charge in [-0.2, -0.15) is 0 Å². The molecule has 0 saturated carbocycles. The van der Waals surface area contributed by atoms with Crippen LogP contribution < -0.4 is 10.5 Å². The monoisotopic (exact) mass is 310 g/mol. The molecule has 2 aromatic rings. The van der Waals surface area contributed by atoms with Crippen LogP contribution in [0, 0.1) is 0 Å². The number of benzene rings is 1. The fourth-order valence-electron chi connectivity index (χ4n) is 1.64. The lowest BCUT2D eigenvalue weighted by Crippen LogP contribution is -2.23. The second-order valence-electron chi connectivity index (χ2n) is 4.24. The Morgan fingerprint density at radius 3 is 2.45 bits per heavy atom. The number of nitrogens with two attached hydrogens (primary N) is 1. The summed E-state index contributed by atoms with van der Waals surface area (Å²) in [7, 11) is -3.54. The molecule has 1 heterocycles. The molecule has 7 heteroatoms. The highest BCUT2D eigenvalue weighted by atomic mass is 32.2. The number of nitrogens with one attached hydrogen (secondary N) is 1. The minimum atomic E-state index is -3.54. The van der Waals surface area contributed by atoms with E-state index in [9.17, 15) is 8.42 Å². The van der Waals surface area contributed by atoms with Gasteiger partial charge in [0.1, 0.15) is 0 Å². The van der Waals surface area contributed by atoms with Crippen molar-refractivity contribution >= 4 is 27.2 Å². The van der Waals surface area contributed by atoms with Gasteiger partial charge >= 0.3 is 0 Å². The highest BCUT2D eigenvalue weighted by molar-refractivity contribution is 7.89. The first-order valence-corrected chi connectivity index (χ1v) is 7.74. The summed E-state index contributed by atoms with van der Waals surface area (Å²) < 4.78 is 31.5. The SMILES string of the molecule is NC(=S)Cc1ccc(S(=O)(=O)NCc2ccoc2)cc1. The Kier molecular flexibility index (Phi) is 4.53. The average Bonchev–Trinajstić information content (AvgIpc) is 2.89. The predicted octanol–water partition coefficient (Wildman–Crippen LogP) is 1.59. The lowest BCUT2D eigenvalue weighted by Gasteiger charge is -2.06. The minimum absolute atomic E-state index is 0.188. The zero-order valence-corrected chi connectivity index (χ0v) is 12.2. The minimum Gasteiger partial charge on any atom is -0.472 e. The van der Waals surface area contributed by atoms with Gasteiger partial charge in [-0.25, -0.2) is 13.1 Å². The zero-order chi connectivity index (χ0) is 14.6. The van der Waals surface area contributed by atoms with Crippen LogP contribution >= 0.6 is 12.2 Å². The Labute approximate surface area is 122 Å². The number of thiocarbonyl (C=S) groups is 1. The number of furan rings is 1. The molecule has 2 rings (SSSR count). The molecule has 20 heavy (non-hydrogen) atoms. The molecule has 0 atom stereocenters. The van der Waals surface area contributed by atoms with Crippen LogP contribution in [-0.2, 0) is 23.0 Å². The molecule has 0 saturated heterocycles. The molecule has 0 aliphatic carbocycles. The van der Waals surface area contributed by atoms with E-state index in [-0.39, 0.29) is 11.4 Å². The molecule has 0 spiro atoms. The molecule has 0 aliphatic heterocycles. The van der Waals surface area contributed by atoms with Gasteiger partial charge in [0.15, 0.2) is 0 Å². The molecule has 5 nitrogen and oxygen atoms in total. The number of hydrogen-bond donors (Lipinski definition) is 2. The van der Waals surface area contributed by atoms with Crippen molar-refractivity contribution in [1.29, 1.82) is 0 Å². The van der Waals surface area contributed by atoms with Crippen LogP contribution in [0.25, 0.3) is 0 Å². The van der Waals surface area contributed by atoms with Crippen LogP contribution in [0.2, 0.25) is 0 Å². The maximum atomic E-state index is 12.1. The fraction of sp³-hybridized carbons (Fsp3) is 0.154. The van der Waals surface area contributed by atoms with Crippen molar-refractivity contribution in [3.05, 3.63) is 54.0 Å². The van der Waals surface area contributed by atoms with Gasteiger partial charge in [-0.1, -0.05) is 24.4 Å². The average molecular weight is 310 g/mol. The molecule has 106 valence electrons. The molecule has 0 aliphatic rings. The van der Waals surface area contributed by atoms with Gasteiger partial charge < -0.3 is 10.2 Å². The van der Waals surface area contributed by atoms with Gasteiger partial charge in [0.25, 0.3) is 0 Å². The number of sulfonamides is 1. The third-order valence-electron chi connectivity index (χ3n) is 2.66. The van der Waals surface area contributed by atoms with E-state index >= 15 is 0 Å². The summed E-state index contributed by atoms with van der Waals surface area (Å²) in [4.78, 5) is 0.575. The van der Waals surface area contributed by atoms with E-state index in [0.29, 0.717) is 11.4 Å². The highest BCUT2D eigenvalue weighted by Crippen LogP contribution is 2.12. The van der Waals surface area contributed by atoms with Crippen molar-refractivity contribution in [3.63, 3.8) is 0 Å². The van der Waals surface area contributed by atoms with Crippen molar-refractivity contribution < 1.29 is 12.8 Å². The smallest absolute Gasteiger partial charge is 0.240 e. The Balaban J connectivity index is 2.07. The largest absolute Gasteiger partial charge is 0.472 e. The first-order valence-electron chi connectivity index (χ1n) is 5.85. The second kappa shape index (κ2) is 6.17. The third kappa shape index (κ3) is 3.89. The summed E-state index contributed by atoms with van der Waals surface area (Å²) in [5.74, 6) is 0. The Morgan fingerprint density at radius 1 is 1.20 bits per heavy atom. The van der Waals surface area contributed by atoms with Crippen LogP contribution in [0.3, 0.4) is 0 Å². The van der Waals surface area contributed by atoms with Gasteiger partial charge in [-0.05, 0) is 23.8 Å². The molecule has 0 fully saturated rings. The van der Waals surface area contributed by atoms with Gasteiger partial charge in [-0.15, -0.1) is 0 Å². The molecule has 0 amide bonds. The number of hydrogen-bond acceptors (Lipinski definition) is 4. The van der Waals surface area contributed by atoms with E-state index in [1.54, 1.807) is 18.2 Å². The lowest BCUT2D eigenvalue weighted by molar-refractivity contribution is 0.561. The maximum absolute atomic E-state index is 12.1. The maximum Gasteiger partial charge on any atom is 0.240 e. The lowest BCUT2D eigenvalue weighted by atomic mass is 10.1. The molecule has 1 aromatic carbocycles. The van der Waals surface area contributed by atoms with Crippen molar-refractivity contribution in [2.75, 3.05) is 0 Å². The fourth-order valence-corrected chi connectivity index (χ4v) is 2.83. The summed E-state index contributed by atoms with van der Waals surface area (Å²) >= 11 is 4.81. The highest BCUT2D eigenvalue weighted by Gasteiger charge is 2.13. The quantitative estimate of drug-likeness (QED) is 0.791. The van der Waals surface area contributed by atoms with E-state index < -0.39 is 10.0 Å². The second-order valence-corrected chi connectivity index (χ2v) is 6.53. The van der Waals surface area contributed by atoms with Crippen LogP contribution in [0.4, 0.5) is 0 Å². The molecule has 3 N–H and O–H groups in total.